The first kappa shape index (κ1) is 15.4. The summed E-state index contributed by atoms with van der Waals surface area (Å²) in [6.45, 7) is 0. The highest BCUT2D eigenvalue weighted by Crippen LogP contribution is 2.35. The number of thiophene rings is 1. The lowest BCUT2D eigenvalue weighted by atomic mass is 10.1. The molecule has 0 saturated carbocycles. The molecule has 0 unspecified atom stereocenters. The van der Waals surface area contributed by atoms with Crippen LogP contribution in [0.4, 0.5) is 19.0 Å². The van der Waals surface area contributed by atoms with E-state index in [9.17, 15) is 18.8 Å². The van der Waals surface area contributed by atoms with Crippen molar-refractivity contribution in [2.75, 3.05) is 5.32 Å². The molecule has 0 bridgehead atoms. The number of carbonyl (C=O) groups is 3. The van der Waals surface area contributed by atoms with Gasteiger partial charge in [0, 0.05) is 4.88 Å². The second-order valence-electron chi connectivity index (χ2n) is 4.17. The van der Waals surface area contributed by atoms with E-state index in [1.165, 1.54) is 30.3 Å². The van der Waals surface area contributed by atoms with Gasteiger partial charge in [0.2, 0.25) is 0 Å². The van der Waals surface area contributed by atoms with E-state index in [0.717, 1.165) is 11.3 Å². The van der Waals surface area contributed by atoms with Crippen LogP contribution < -0.4 is 22.1 Å². The van der Waals surface area contributed by atoms with Crippen molar-refractivity contribution in [2.45, 2.75) is 0 Å². The van der Waals surface area contributed by atoms with Crippen molar-refractivity contribution in [1.29, 1.82) is 0 Å². The smallest absolute Gasteiger partial charge is 0.319 e. The molecule has 2 aromatic rings. The van der Waals surface area contributed by atoms with Gasteiger partial charge in [-0.1, -0.05) is 12.1 Å². The summed E-state index contributed by atoms with van der Waals surface area (Å²) in [4.78, 5) is 34.3. The number of rotatable bonds is 3. The summed E-state index contributed by atoms with van der Waals surface area (Å²) in [5.74, 6) is -1.18. The van der Waals surface area contributed by atoms with E-state index < -0.39 is 23.8 Å². The Morgan fingerprint density at radius 2 is 1.68 bits per heavy atom. The minimum Gasteiger partial charge on any atom is -0.351 e. The highest BCUT2D eigenvalue weighted by Gasteiger charge is 2.19. The third-order valence-corrected chi connectivity index (χ3v) is 3.68. The van der Waals surface area contributed by atoms with Crippen LogP contribution >= 0.6 is 11.3 Å². The molecule has 7 nitrogen and oxygen atoms in total. The fourth-order valence-electron chi connectivity index (χ4n) is 1.70. The Hall–Kier alpha value is -2.94. The molecule has 114 valence electrons. The van der Waals surface area contributed by atoms with E-state index in [2.05, 4.69) is 5.32 Å². The lowest BCUT2D eigenvalue weighted by molar-refractivity contribution is 0.0967. The molecular formula is C13H11FN4O3S. The van der Waals surface area contributed by atoms with E-state index in [0.29, 0.717) is 10.4 Å². The molecule has 2 rings (SSSR count). The maximum absolute atomic E-state index is 12.9. The van der Waals surface area contributed by atoms with Crippen LogP contribution in [0.1, 0.15) is 10.4 Å². The molecule has 6 N–H and O–H groups in total. The fraction of sp³-hybridized carbons (Fsp3) is 0. The van der Waals surface area contributed by atoms with Crippen LogP contribution in [0.5, 0.6) is 0 Å². The zero-order chi connectivity index (χ0) is 16.3. The van der Waals surface area contributed by atoms with E-state index in [4.69, 9.17) is 11.5 Å². The van der Waals surface area contributed by atoms with Gasteiger partial charge in [0.15, 0.2) is 0 Å². The van der Waals surface area contributed by atoms with Crippen LogP contribution in [0.15, 0.2) is 30.3 Å². The van der Waals surface area contributed by atoms with Crippen LogP contribution in [0.2, 0.25) is 0 Å². The molecule has 1 heterocycles. The van der Waals surface area contributed by atoms with E-state index in [1.807, 2.05) is 5.32 Å². The molecule has 1 aromatic carbocycles. The van der Waals surface area contributed by atoms with Crippen LogP contribution in [0.25, 0.3) is 10.4 Å². The Labute approximate surface area is 128 Å². The van der Waals surface area contributed by atoms with Crippen molar-refractivity contribution >= 4 is 34.3 Å². The highest BCUT2D eigenvalue weighted by atomic mass is 32.1. The number of halogens is 1. The van der Waals surface area contributed by atoms with Crippen LogP contribution in [-0.4, -0.2) is 18.0 Å². The monoisotopic (exact) mass is 322 g/mol. The molecule has 0 saturated heterocycles. The largest absolute Gasteiger partial charge is 0.351 e. The lowest BCUT2D eigenvalue weighted by Crippen LogP contribution is -2.35. The topological polar surface area (TPSA) is 127 Å². The molecule has 0 aliphatic heterocycles. The van der Waals surface area contributed by atoms with E-state index in [-0.39, 0.29) is 10.6 Å². The number of benzene rings is 1. The highest BCUT2D eigenvalue weighted by molar-refractivity contribution is 7.20. The molecule has 0 atom stereocenters. The predicted molar refractivity (Wildman–Crippen MR) is 80.0 cm³/mol. The number of nitrogens with two attached hydrogens (primary N) is 2. The first-order valence-electron chi connectivity index (χ1n) is 5.94. The van der Waals surface area contributed by atoms with Gasteiger partial charge in [-0.15, -0.1) is 11.3 Å². The Bertz CT molecular complexity index is 742. The maximum atomic E-state index is 12.9. The number of hydrogen-bond donors (Lipinski definition) is 4. The second-order valence-corrected chi connectivity index (χ2v) is 5.22. The molecule has 0 aliphatic rings. The van der Waals surface area contributed by atoms with Gasteiger partial charge in [-0.25, -0.2) is 14.0 Å². The molecule has 0 fully saturated rings. The van der Waals surface area contributed by atoms with Gasteiger partial charge in [-0.2, -0.15) is 0 Å². The van der Waals surface area contributed by atoms with E-state index >= 15 is 0 Å². The van der Waals surface area contributed by atoms with Crippen LogP contribution in [0.3, 0.4) is 0 Å². The number of urea groups is 2. The molecule has 9 heteroatoms. The number of imide groups is 1. The number of anilines is 1. The summed E-state index contributed by atoms with van der Waals surface area (Å²) in [6, 6.07) is 5.13. The Balaban J connectivity index is 2.42. The Morgan fingerprint density at radius 3 is 2.23 bits per heavy atom. The SMILES string of the molecule is NC(=O)NC(=O)c1cc(-c2ccc(F)cc2)sc1NC(N)=O. The van der Waals surface area contributed by atoms with Gasteiger partial charge < -0.3 is 11.5 Å². The normalized spacial score (nSPS) is 10.0. The first-order chi connectivity index (χ1) is 10.4. The van der Waals surface area contributed by atoms with Crippen molar-refractivity contribution < 1.29 is 18.8 Å². The number of hydrogen-bond acceptors (Lipinski definition) is 4. The molecule has 0 spiro atoms. The Morgan fingerprint density at radius 1 is 1.05 bits per heavy atom. The van der Waals surface area contributed by atoms with Crippen molar-refractivity contribution in [3.8, 4) is 10.4 Å². The summed E-state index contributed by atoms with van der Waals surface area (Å²) in [7, 11) is 0. The average Bonchev–Trinajstić information content (AvgIpc) is 2.82. The van der Waals surface area contributed by atoms with Gasteiger partial charge in [0.05, 0.1) is 5.56 Å². The second kappa shape index (κ2) is 6.22. The van der Waals surface area contributed by atoms with Gasteiger partial charge in [0.25, 0.3) is 5.91 Å². The predicted octanol–water partition coefficient (Wildman–Crippen LogP) is 1.85. The zero-order valence-corrected chi connectivity index (χ0v) is 11.9. The van der Waals surface area contributed by atoms with Gasteiger partial charge in [-0.05, 0) is 23.8 Å². The van der Waals surface area contributed by atoms with Crippen molar-refractivity contribution in [3.05, 3.63) is 41.7 Å². The molecule has 0 aliphatic carbocycles. The maximum Gasteiger partial charge on any atom is 0.319 e. The number of nitrogens with one attached hydrogen (secondary N) is 2. The average molecular weight is 322 g/mol. The minimum absolute atomic E-state index is 0.0296. The fourth-order valence-corrected chi connectivity index (χ4v) is 2.76. The van der Waals surface area contributed by atoms with Crippen molar-refractivity contribution in [1.82, 2.24) is 5.32 Å². The summed E-state index contributed by atoms with van der Waals surface area (Å²) in [5, 5.41) is 4.36. The van der Waals surface area contributed by atoms with Crippen LogP contribution in [-0.2, 0) is 0 Å². The summed E-state index contributed by atoms with van der Waals surface area (Å²) in [5.41, 5.74) is 10.6. The number of carbonyl (C=O) groups excluding carboxylic acids is 3. The molecule has 1 aromatic heterocycles. The standard InChI is InChI=1S/C13H11FN4O3S/c14-7-3-1-6(2-4-7)9-5-8(10(19)17-12(15)20)11(22-9)18-13(16)21/h1-5H,(H3,16,18,21)(H3,15,17,19,20). The summed E-state index contributed by atoms with van der Waals surface area (Å²) < 4.78 is 12.9. The third kappa shape index (κ3) is 3.58. The third-order valence-electron chi connectivity index (χ3n) is 2.58. The quantitative estimate of drug-likeness (QED) is 0.688. The van der Waals surface area contributed by atoms with Gasteiger partial charge >= 0.3 is 12.1 Å². The number of primary amides is 2. The van der Waals surface area contributed by atoms with Crippen molar-refractivity contribution in [3.63, 3.8) is 0 Å². The summed E-state index contributed by atoms with van der Waals surface area (Å²) in [6.07, 6.45) is 0. The molecule has 0 radical (unpaired) electrons. The molecule has 5 amide bonds. The van der Waals surface area contributed by atoms with Gasteiger partial charge in [-0.3, -0.25) is 15.4 Å². The number of amides is 5. The molecule has 22 heavy (non-hydrogen) atoms. The Kier molecular flexibility index (Phi) is 4.37. The molecular weight excluding hydrogens is 311 g/mol. The lowest BCUT2D eigenvalue weighted by Gasteiger charge is -2.02. The zero-order valence-electron chi connectivity index (χ0n) is 11.1. The van der Waals surface area contributed by atoms with Gasteiger partial charge in [0.1, 0.15) is 10.8 Å². The summed E-state index contributed by atoms with van der Waals surface area (Å²) >= 11 is 1.05. The van der Waals surface area contributed by atoms with Crippen molar-refractivity contribution in [2.24, 2.45) is 11.5 Å². The van der Waals surface area contributed by atoms with Crippen LogP contribution in [0, 0.1) is 5.82 Å². The minimum atomic E-state index is -1.02. The first-order valence-corrected chi connectivity index (χ1v) is 6.75. The van der Waals surface area contributed by atoms with E-state index in [1.54, 1.807) is 0 Å².